The number of H-pyrrole nitrogens is 1. The average Bonchev–Trinajstić information content (AvgIpc) is 2.94. The minimum absolute atomic E-state index is 0.0516. The molecule has 1 amide bonds. The van der Waals surface area contributed by atoms with Crippen molar-refractivity contribution in [3.8, 4) is 0 Å². The molecule has 0 aliphatic carbocycles. The lowest BCUT2D eigenvalue weighted by Gasteiger charge is -2.32. The number of carbonyl (C=O) groups is 1. The second kappa shape index (κ2) is 7.96. The summed E-state index contributed by atoms with van der Waals surface area (Å²) in [6.45, 7) is 9.69. The highest BCUT2D eigenvalue weighted by atomic mass is 19.1. The summed E-state index contributed by atoms with van der Waals surface area (Å²) in [5, 5.41) is 3.39. The van der Waals surface area contributed by atoms with E-state index in [1.165, 1.54) is 12.1 Å². The lowest BCUT2D eigenvalue weighted by Crippen LogP contribution is -2.52. The Kier molecular flexibility index (Phi) is 5.51. The number of hydrogen-bond donors (Lipinski definition) is 2. The molecule has 1 aromatic carbocycles. The molecule has 4 rings (SSSR count). The van der Waals surface area contributed by atoms with Crippen molar-refractivity contribution < 1.29 is 9.18 Å². The number of benzene rings is 1. The van der Waals surface area contributed by atoms with E-state index >= 15 is 0 Å². The van der Waals surface area contributed by atoms with E-state index in [4.69, 9.17) is 0 Å². The number of halogens is 1. The quantitative estimate of drug-likeness (QED) is 0.806. The van der Waals surface area contributed by atoms with Crippen molar-refractivity contribution in [2.75, 3.05) is 37.6 Å². The van der Waals surface area contributed by atoms with Gasteiger partial charge in [0, 0.05) is 55.3 Å². The monoisotopic (exact) mass is 412 g/mol. The largest absolute Gasteiger partial charge is 0.323 e. The number of rotatable bonds is 4. The van der Waals surface area contributed by atoms with Gasteiger partial charge in [-0.05, 0) is 30.7 Å². The van der Waals surface area contributed by atoms with Crippen molar-refractivity contribution in [3.05, 3.63) is 63.3 Å². The molecule has 30 heavy (non-hydrogen) atoms. The van der Waals surface area contributed by atoms with Gasteiger partial charge in [0.1, 0.15) is 5.82 Å². The number of amides is 1. The Morgan fingerprint density at radius 2 is 2.00 bits per heavy atom. The van der Waals surface area contributed by atoms with Crippen LogP contribution in [0.15, 0.2) is 35.1 Å². The van der Waals surface area contributed by atoms with E-state index in [0.29, 0.717) is 31.1 Å². The number of anilines is 1. The van der Waals surface area contributed by atoms with Gasteiger partial charge in [-0.15, -0.1) is 0 Å². The lowest BCUT2D eigenvalue weighted by molar-refractivity contribution is -0.120. The van der Waals surface area contributed by atoms with Crippen LogP contribution >= 0.6 is 0 Å². The van der Waals surface area contributed by atoms with Gasteiger partial charge in [0.15, 0.2) is 0 Å². The fourth-order valence-corrected chi connectivity index (χ4v) is 4.46. The molecule has 7 heteroatoms. The molecule has 2 aromatic rings. The first-order valence-electron chi connectivity index (χ1n) is 10.5. The second-order valence-electron chi connectivity index (χ2n) is 9.14. The van der Waals surface area contributed by atoms with Crippen LogP contribution < -0.4 is 15.8 Å². The smallest absolute Gasteiger partial charge is 0.251 e. The maximum absolute atomic E-state index is 13.2. The second-order valence-corrected chi connectivity index (χ2v) is 9.14. The highest BCUT2D eigenvalue weighted by Gasteiger charge is 2.40. The highest BCUT2D eigenvalue weighted by Crippen LogP contribution is 2.39. The van der Waals surface area contributed by atoms with Crippen molar-refractivity contribution in [2.24, 2.45) is 0 Å². The number of nitrogens with one attached hydrogen (secondary N) is 2. The van der Waals surface area contributed by atoms with Crippen molar-refractivity contribution in [1.29, 1.82) is 0 Å². The van der Waals surface area contributed by atoms with Crippen LogP contribution in [0.4, 0.5) is 10.1 Å². The summed E-state index contributed by atoms with van der Waals surface area (Å²) in [5.41, 5.74) is 2.53. The van der Waals surface area contributed by atoms with E-state index in [9.17, 15) is 14.0 Å². The molecule has 2 N–H and O–H groups in total. The number of pyridine rings is 1. The Morgan fingerprint density at radius 3 is 2.70 bits per heavy atom. The maximum Gasteiger partial charge on any atom is 0.251 e. The number of piperazine rings is 1. The van der Waals surface area contributed by atoms with Gasteiger partial charge in [-0.3, -0.25) is 14.5 Å². The van der Waals surface area contributed by atoms with Crippen LogP contribution in [-0.2, 0) is 16.6 Å². The summed E-state index contributed by atoms with van der Waals surface area (Å²) in [6.07, 6.45) is 0.390. The molecule has 2 aliphatic rings. The number of carbonyl (C=O) groups excluding carboxylic acids is 1. The van der Waals surface area contributed by atoms with Gasteiger partial charge in [-0.2, -0.15) is 0 Å². The van der Waals surface area contributed by atoms with Crippen LogP contribution in [0, 0.1) is 5.82 Å². The van der Waals surface area contributed by atoms with Crippen LogP contribution in [0.3, 0.4) is 0 Å². The normalized spacial score (nSPS) is 20.9. The molecule has 1 aromatic heterocycles. The molecular weight excluding hydrogens is 383 g/mol. The minimum atomic E-state index is -0.324. The zero-order valence-corrected chi connectivity index (χ0v) is 17.8. The van der Waals surface area contributed by atoms with Crippen LogP contribution in [0.2, 0.25) is 0 Å². The van der Waals surface area contributed by atoms with Gasteiger partial charge in [0.25, 0.3) is 5.56 Å². The third kappa shape index (κ3) is 4.18. The van der Waals surface area contributed by atoms with Crippen LogP contribution in [-0.4, -0.2) is 54.6 Å². The number of aromatic amines is 1. The van der Waals surface area contributed by atoms with Crippen LogP contribution in [0.5, 0.6) is 0 Å². The summed E-state index contributed by atoms with van der Waals surface area (Å²) in [4.78, 5) is 32.9. The molecule has 1 atom stereocenters. The molecule has 1 fully saturated rings. The molecule has 1 saturated heterocycles. The molecule has 3 heterocycles. The van der Waals surface area contributed by atoms with Gasteiger partial charge in [-0.25, -0.2) is 4.39 Å². The van der Waals surface area contributed by atoms with Crippen LogP contribution in [0.25, 0.3) is 0 Å². The topological polar surface area (TPSA) is 68.4 Å². The summed E-state index contributed by atoms with van der Waals surface area (Å²) in [7, 11) is 0. The SMILES string of the molecule is C[C@@H]1CN(CC(=O)N2CC(C)(C)c3[nH]c(=O)c(Cc4ccc(F)cc4)cc32)CCN1. The fraction of sp³-hybridized carbons (Fsp3) is 0.478. The van der Waals surface area contributed by atoms with Gasteiger partial charge in [0.05, 0.1) is 12.2 Å². The molecule has 0 bridgehead atoms. The van der Waals surface area contributed by atoms with E-state index in [-0.39, 0.29) is 22.7 Å². The van der Waals surface area contributed by atoms with E-state index in [2.05, 4.69) is 22.1 Å². The van der Waals surface area contributed by atoms with Gasteiger partial charge in [0.2, 0.25) is 5.91 Å². The Labute approximate surface area is 176 Å². The molecule has 0 unspecified atom stereocenters. The van der Waals surface area contributed by atoms with E-state index < -0.39 is 0 Å². The molecule has 0 saturated carbocycles. The molecular formula is C23H29FN4O2. The molecule has 6 nitrogen and oxygen atoms in total. The highest BCUT2D eigenvalue weighted by molar-refractivity contribution is 5.97. The molecule has 160 valence electrons. The van der Waals surface area contributed by atoms with E-state index in [0.717, 1.165) is 36.6 Å². The predicted molar refractivity (Wildman–Crippen MR) is 116 cm³/mol. The van der Waals surface area contributed by atoms with E-state index in [1.54, 1.807) is 12.1 Å². The first kappa shape index (κ1) is 20.8. The predicted octanol–water partition coefficient (Wildman–Crippen LogP) is 2.02. The van der Waals surface area contributed by atoms with Gasteiger partial charge < -0.3 is 15.2 Å². The van der Waals surface area contributed by atoms with Crippen molar-refractivity contribution in [2.45, 2.75) is 38.6 Å². The van der Waals surface area contributed by atoms with Crippen molar-refractivity contribution >= 4 is 11.6 Å². The summed E-state index contributed by atoms with van der Waals surface area (Å²) in [6, 6.07) is 8.35. The zero-order chi connectivity index (χ0) is 21.5. The van der Waals surface area contributed by atoms with Gasteiger partial charge in [-0.1, -0.05) is 26.0 Å². The van der Waals surface area contributed by atoms with Gasteiger partial charge >= 0.3 is 0 Å². The Morgan fingerprint density at radius 1 is 1.27 bits per heavy atom. The van der Waals surface area contributed by atoms with Crippen molar-refractivity contribution in [3.63, 3.8) is 0 Å². The third-order valence-electron chi connectivity index (χ3n) is 6.04. The molecule has 0 spiro atoms. The summed E-state index contributed by atoms with van der Waals surface area (Å²) < 4.78 is 13.2. The van der Waals surface area contributed by atoms with Crippen LogP contribution in [0.1, 0.15) is 37.6 Å². The number of nitrogens with zero attached hydrogens (tertiary/aromatic N) is 2. The Hall–Kier alpha value is -2.51. The summed E-state index contributed by atoms with van der Waals surface area (Å²) >= 11 is 0. The Bertz CT molecular complexity index is 999. The molecule has 0 radical (unpaired) electrons. The maximum atomic E-state index is 13.2. The molecule has 2 aliphatic heterocycles. The zero-order valence-electron chi connectivity index (χ0n) is 17.8. The van der Waals surface area contributed by atoms with Crippen molar-refractivity contribution in [1.82, 2.24) is 15.2 Å². The van der Waals surface area contributed by atoms with E-state index in [1.807, 2.05) is 24.8 Å². The number of fused-ring (bicyclic) bond motifs is 1. The first-order valence-corrected chi connectivity index (χ1v) is 10.5. The average molecular weight is 413 g/mol. The minimum Gasteiger partial charge on any atom is -0.323 e. The fourth-order valence-electron chi connectivity index (χ4n) is 4.46. The lowest BCUT2D eigenvalue weighted by atomic mass is 9.91. The number of aromatic nitrogens is 1. The Balaban J connectivity index is 1.61. The third-order valence-corrected chi connectivity index (χ3v) is 6.04. The first-order chi connectivity index (χ1) is 14.2. The summed E-state index contributed by atoms with van der Waals surface area (Å²) in [5.74, 6) is -0.252. The standard InChI is InChI=1S/C23H29FN4O2/c1-15-12-27(9-8-25-15)13-20(29)28-14-23(2,3)21-19(28)11-17(22(30)26-21)10-16-4-6-18(24)7-5-16/h4-7,11,15,25H,8-10,12-14H2,1-3H3,(H,26,30)/t15-/m1/s1. The number of hydrogen-bond acceptors (Lipinski definition) is 4.